The predicted molar refractivity (Wildman–Crippen MR) is 152 cm³/mol. The summed E-state index contributed by atoms with van der Waals surface area (Å²) in [5.74, 6) is 3.51. The Bertz CT molecular complexity index is 1160. The molecule has 7 rings (SSSR count). The van der Waals surface area contributed by atoms with Gasteiger partial charge >= 0.3 is 0 Å². The maximum absolute atomic E-state index is 9.91. The lowest BCUT2D eigenvalue weighted by atomic mass is 9.47. The number of benzene rings is 1. The van der Waals surface area contributed by atoms with Crippen LogP contribution in [0.2, 0.25) is 0 Å². The first-order valence-corrected chi connectivity index (χ1v) is 15.6. The van der Waals surface area contributed by atoms with E-state index in [0.29, 0.717) is 41.4 Å². The third-order valence-corrected chi connectivity index (χ3v) is 10.5. The zero-order valence-corrected chi connectivity index (χ0v) is 23.1. The van der Waals surface area contributed by atoms with Gasteiger partial charge in [-0.2, -0.15) is 10.2 Å². The number of hydrogen-bond donors (Lipinski definition) is 4. The molecule has 4 bridgehead atoms. The minimum Gasteiger partial charge on any atom is -0.393 e. The molecule has 202 valence electrons. The first-order valence-electron chi connectivity index (χ1n) is 14.3. The summed E-state index contributed by atoms with van der Waals surface area (Å²) in [6.45, 7) is 1.52. The van der Waals surface area contributed by atoms with E-state index in [1.165, 1.54) is 42.6 Å². The first kappa shape index (κ1) is 25.9. The number of anilines is 2. The highest BCUT2D eigenvalue weighted by atomic mass is 32.2. The summed E-state index contributed by atoms with van der Waals surface area (Å²) in [4.78, 5) is 10.4. The molecule has 5 saturated carbocycles. The molecule has 1 aromatic heterocycles. The number of nitrogens with zero attached hydrogens (tertiary/aromatic N) is 3. The van der Waals surface area contributed by atoms with E-state index >= 15 is 0 Å². The highest BCUT2D eigenvalue weighted by Crippen LogP contribution is 2.60. The number of thioether (sulfide) groups is 1. The Kier molecular flexibility index (Phi) is 7.52. The summed E-state index contributed by atoms with van der Waals surface area (Å²) in [6, 6.07) is 11.8. The van der Waals surface area contributed by atoms with Crippen LogP contribution in [0.3, 0.4) is 0 Å². The average Bonchev–Trinajstić information content (AvgIpc) is 2.93. The lowest BCUT2D eigenvalue weighted by Gasteiger charge is -2.61. The fraction of sp³-hybridized carbons (Fsp3) is 0.633. The number of aliphatic hydroxyl groups excluding tert-OH is 1. The standard InChI is InChI=1S/C30H40N6OS/c1-38-26-5-3-2-4-20(26)16-32-29-33-17-23(15-31)28(36-29)34-18-30-12-19-10-21(13-30)27(22(11-19)14-30)35-24-6-8-25(37)9-7-24/h2-5,17,19,21-22,24-25,27,35,37H,6-14,16,18H2,1H3,(H2,32,33,34,36)/t19?,21-,22+,24?,25?,27-,30+. The van der Waals surface area contributed by atoms with Gasteiger partial charge in [-0.3, -0.25) is 0 Å². The van der Waals surface area contributed by atoms with Gasteiger partial charge in [0, 0.05) is 30.1 Å². The van der Waals surface area contributed by atoms with Gasteiger partial charge in [0.25, 0.3) is 0 Å². The van der Waals surface area contributed by atoms with Gasteiger partial charge in [-0.25, -0.2) is 4.98 Å². The van der Waals surface area contributed by atoms with Gasteiger partial charge < -0.3 is 21.1 Å². The van der Waals surface area contributed by atoms with Crippen molar-refractivity contribution in [1.82, 2.24) is 15.3 Å². The second kappa shape index (κ2) is 11.0. The van der Waals surface area contributed by atoms with Crippen molar-refractivity contribution in [2.24, 2.45) is 23.2 Å². The van der Waals surface area contributed by atoms with Crippen LogP contribution in [0.1, 0.15) is 68.9 Å². The molecule has 0 saturated heterocycles. The summed E-state index contributed by atoms with van der Waals surface area (Å²) >= 11 is 1.73. The molecule has 1 aromatic carbocycles. The minimum atomic E-state index is -0.0946. The molecule has 1 unspecified atom stereocenters. The fourth-order valence-electron chi connectivity index (χ4n) is 8.17. The van der Waals surface area contributed by atoms with Gasteiger partial charge in [0.05, 0.1) is 12.3 Å². The van der Waals surface area contributed by atoms with E-state index in [1.807, 2.05) is 0 Å². The van der Waals surface area contributed by atoms with Crippen LogP contribution in [0.15, 0.2) is 35.4 Å². The van der Waals surface area contributed by atoms with Gasteiger partial charge in [0.2, 0.25) is 5.95 Å². The van der Waals surface area contributed by atoms with E-state index in [-0.39, 0.29) is 6.10 Å². The maximum Gasteiger partial charge on any atom is 0.224 e. The van der Waals surface area contributed by atoms with Crippen LogP contribution in [0.5, 0.6) is 0 Å². The third kappa shape index (κ3) is 5.38. The van der Waals surface area contributed by atoms with Gasteiger partial charge in [0.15, 0.2) is 0 Å². The zero-order valence-electron chi connectivity index (χ0n) is 22.3. The fourth-order valence-corrected chi connectivity index (χ4v) is 8.79. The van der Waals surface area contributed by atoms with Crippen molar-refractivity contribution in [3.63, 3.8) is 0 Å². The maximum atomic E-state index is 9.91. The van der Waals surface area contributed by atoms with Crippen molar-refractivity contribution < 1.29 is 5.11 Å². The molecule has 38 heavy (non-hydrogen) atoms. The monoisotopic (exact) mass is 532 g/mol. The smallest absolute Gasteiger partial charge is 0.224 e. The van der Waals surface area contributed by atoms with Crippen LogP contribution in [-0.2, 0) is 6.54 Å². The minimum absolute atomic E-state index is 0.0946. The molecule has 8 heteroatoms. The normalized spacial score (nSPS) is 33.6. The average molecular weight is 533 g/mol. The van der Waals surface area contributed by atoms with Crippen molar-refractivity contribution in [3.05, 3.63) is 41.6 Å². The number of nitrogens with one attached hydrogen (secondary N) is 3. The van der Waals surface area contributed by atoms with E-state index in [2.05, 4.69) is 57.5 Å². The van der Waals surface area contributed by atoms with E-state index in [0.717, 1.165) is 50.0 Å². The number of rotatable bonds is 9. The number of aromatic nitrogens is 2. The van der Waals surface area contributed by atoms with Crippen LogP contribution in [0.4, 0.5) is 11.8 Å². The molecule has 2 aromatic rings. The number of nitriles is 1. The molecule has 5 atom stereocenters. The molecular formula is C30H40N6OS. The Morgan fingerprint density at radius 2 is 1.84 bits per heavy atom. The van der Waals surface area contributed by atoms with E-state index in [1.54, 1.807) is 18.0 Å². The molecule has 4 N–H and O–H groups in total. The van der Waals surface area contributed by atoms with E-state index in [4.69, 9.17) is 4.98 Å². The lowest BCUT2D eigenvalue weighted by molar-refractivity contribution is -0.0737. The molecule has 5 aliphatic rings. The predicted octanol–water partition coefficient (Wildman–Crippen LogP) is 5.18. The Morgan fingerprint density at radius 3 is 2.58 bits per heavy atom. The Morgan fingerprint density at radius 1 is 1.08 bits per heavy atom. The van der Waals surface area contributed by atoms with Crippen molar-refractivity contribution in [2.45, 2.75) is 87.4 Å². The molecular weight excluding hydrogens is 492 g/mol. The van der Waals surface area contributed by atoms with Crippen molar-refractivity contribution in [3.8, 4) is 6.07 Å². The largest absolute Gasteiger partial charge is 0.393 e. The van der Waals surface area contributed by atoms with E-state index < -0.39 is 0 Å². The lowest BCUT2D eigenvalue weighted by Crippen LogP contribution is -2.61. The molecule has 5 aliphatic carbocycles. The van der Waals surface area contributed by atoms with Crippen molar-refractivity contribution in [1.29, 1.82) is 5.26 Å². The molecule has 0 spiro atoms. The van der Waals surface area contributed by atoms with Crippen LogP contribution in [0, 0.1) is 34.5 Å². The van der Waals surface area contributed by atoms with Crippen LogP contribution in [0.25, 0.3) is 0 Å². The zero-order chi connectivity index (χ0) is 26.1. The van der Waals surface area contributed by atoms with Crippen molar-refractivity contribution >= 4 is 23.5 Å². The number of hydrogen-bond acceptors (Lipinski definition) is 8. The molecule has 0 radical (unpaired) electrons. The van der Waals surface area contributed by atoms with Crippen LogP contribution >= 0.6 is 11.8 Å². The summed E-state index contributed by atoms with van der Waals surface area (Å²) < 4.78 is 0. The molecule has 5 fully saturated rings. The first-order chi connectivity index (χ1) is 18.5. The van der Waals surface area contributed by atoms with Crippen LogP contribution in [-0.4, -0.2) is 46.1 Å². The number of aliphatic hydroxyl groups is 1. The Balaban J connectivity index is 1.10. The SMILES string of the molecule is CSc1ccccc1CNc1ncc(C#N)c(NC[C@@]23CC4C[C@H](C2)[C@@H](NC2CCC(O)CC2)[C@@H](C4)C3)n1. The Hall–Kier alpha value is -2.34. The van der Waals surface area contributed by atoms with Crippen LogP contribution < -0.4 is 16.0 Å². The second-order valence-electron chi connectivity index (χ2n) is 12.3. The molecule has 0 amide bonds. The topological polar surface area (TPSA) is 106 Å². The van der Waals surface area contributed by atoms with Gasteiger partial charge in [0.1, 0.15) is 17.5 Å². The summed E-state index contributed by atoms with van der Waals surface area (Å²) in [7, 11) is 0. The van der Waals surface area contributed by atoms with Gasteiger partial charge in [-0.05, 0) is 98.8 Å². The summed E-state index contributed by atoms with van der Waals surface area (Å²) in [6.07, 6.45) is 14.2. The molecule has 0 aliphatic heterocycles. The highest BCUT2D eigenvalue weighted by Gasteiger charge is 2.55. The van der Waals surface area contributed by atoms with E-state index in [9.17, 15) is 10.4 Å². The highest BCUT2D eigenvalue weighted by molar-refractivity contribution is 7.98. The second-order valence-corrected chi connectivity index (χ2v) is 13.1. The third-order valence-electron chi connectivity index (χ3n) is 9.69. The summed E-state index contributed by atoms with van der Waals surface area (Å²) in [5.41, 5.74) is 2.01. The van der Waals surface area contributed by atoms with Gasteiger partial charge in [-0.15, -0.1) is 11.8 Å². The molecule has 7 nitrogen and oxygen atoms in total. The summed E-state index contributed by atoms with van der Waals surface area (Å²) in [5, 5.41) is 30.7. The van der Waals surface area contributed by atoms with Gasteiger partial charge in [-0.1, -0.05) is 18.2 Å². The van der Waals surface area contributed by atoms with Crippen molar-refractivity contribution in [2.75, 3.05) is 23.4 Å². The molecule has 1 heterocycles. The Labute approximate surface area is 230 Å². The quantitative estimate of drug-likeness (QED) is 0.327.